The molecule has 0 aromatic heterocycles. The Bertz CT molecular complexity index is 600. The molecule has 0 bridgehead atoms. The van der Waals surface area contributed by atoms with E-state index < -0.39 is 5.97 Å². The summed E-state index contributed by atoms with van der Waals surface area (Å²) in [4.78, 5) is 11.1. The van der Waals surface area contributed by atoms with E-state index >= 15 is 0 Å². The number of carbonyl (C=O) groups is 1. The predicted octanol–water partition coefficient (Wildman–Crippen LogP) is 4.56. The Morgan fingerprint density at radius 3 is 1.81 bits per heavy atom. The zero-order chi connectivity index (χ0) is 15.4. The van der Waals surface area contributed by atoms with Crippen molar-refractivity contribution in [2.24, 2.45) is 0 Å². The molecule has 2 rings (SSSR count). The van der Waals surface area contributed by atoms with E-state index in [-0.39, 0.29) is 18.2 Å². The quantitative estimate of drug-likeness (QED) is 0.875. The molecule has 3 heteroatoms. The van der Waals surface area contributed by atoms with Gasteiger partial charge in [-0.25, -0.2) is 4.39 Å². The third-order valence-electron chi connectivity index (χ3n) is 3.66. The molecule has 0 heterocycles. The first kappa shape index (κ1) is 15.2. The van der Waals surface area contributed by atoms with E-state index in [1.165, 1.54) is 17.7 Å². The second kappa shape index (κ2) is 6.53. The van der Waals surface area contributed by atoms with Crippen LogP contribution in [0.5, 0.6) is 0 Å². The number of aliphatic carboxylic acids is 1. The van der Waals surface area contributed by atoms with Gasteiger partial charge < -0.3 is 5.11 Å². The standard InChI is InChI=1S/C18H19FO2/c1-12(2)13-3-5-14(6-4-13)17(11-18(20)21)15-7-9-16(19)10-8-15/h3-10,12,17H,11H2,1-2H3,(H,20,21)/t17-/m0/s1. The summed E-state index contributed by atoms with van der Waals surface area (Å²) in [5.74, 6) is -1.01. The van der Waals surface area contributed by atoms with E-state index in [2.05, 4.69) is 13.8 Å². The van der Waals surface area contributed by atoms with Crippen LogP contribution in [0.4, 0.5) is 4.39 Å². The largest absolute Gasteiger partial charge is 0.481 e. The highest BCUT2D eigenvalue weighted by Crippen LogP contribution is 2.29. The molecule has 1 N–H and O–H groups in total. The maximum atomic E-state index is 13.0. The number of rotatable bonds is 5. The summed E-state index contributed by atoms with van der Waals surface area (Å²) in [6.45, 7) is 4.23. The van der Waals surface area contributed by atoms with Gasteiger partial charge in [0.1, 0.15) is 5.82 Å². The van der Waals surface area contributed by atoms with E-state index in [0.717, 1.165) is 11.1 Å². The third-order valence-corrected chi connectivity index (χ3v) is 3.66. The predicted molar refractivity (Wildman–Crippen MR) is 81.0 cm³/mol. The highest BCUT2D eigenvalue weighted by Gasteiger charge is 2.18. The van der Waals surface area contributed by atoms with Crippen LogP contribution in [0.1, 0.15) is 48.8 Å². The average Bonchev–Trinajstić information content (AvgIpc) is 2.46. The summed E-state index contributed by atoms with van der Waals surface area (Å²) in [5.41, 5.74) is 2.97. The van der Waals surface area contributed by atoms with Crippen LogP contribution in [0.3, 0.4) is 0 Å². The summed E-state index contributed by atoms with van der Waals surface area (Å²) in [6.07, 6.45) is -0.00728. The van der Waals surface area contributed by atoms with Gasteiger partial charge in [-0.1, -0.05) is 50.2 Å². The highest BCUT2D eigenvalue weighted by molar-refractivity contribution is 5.69. The normalized spacial score (nSPS) is 12.4. The fourth-order valence-corrected chi connectivity index (χ4v) is 2.41. The SMILES string of the molecule is CC(C)c1ccc([C@H](CC(=O)O)c2ccc(F)cc2)cc1. The second-order valence-electron chi connectivity index (χ2n) is 5.52. The molecule has 0 amide bonds. The van der Waals surface area contributed by atoms with E-state index in [4.69, 9.17) is 5.11 Å². The number of halogens is 1. The molecule has 0 unspecified atom stereocenters. The first-order valence-corrected chi connectivity index (χ1v) is 7.04. The summed E-state index contributed by atoms with van der Waals surface area (Å²) in [7, 11) is 0. The van der Waals surface area contributed by atoms with Crippen LogP contribution in [0.25, 0.3) is 0 Å². The lowest BCUT2D eigenvalue weighted by molar-refractivity contribution is -0.137. The van der Waals surface area contributed by atoms with Crippen molar-refractivity contribution in [3.63, 3.8) is 0 Å². The van der Waals surface area contributed by atoms with Crippen LogP contribution in [0.2, 0.25) is 0 Å². The van der Waals surface area contributed by atoms with Crippen molar-refractivity contribution in [1.29, 1.82) is 0 Å². The number of carboxylic acids is 1. The number of carboxylic acid groups (broad SMARTS) is 1. The van der Waals surface area contributed by atoms with E-state index in [0.29, 0.717) is 5.92 Å². The topological polar surface area (TPSA) is 37.3 Å². The van der Waals surface area contributed by atoms with Crippen molar-refractivity contribution in [3.05, 3.63) is 71.0 Å². The van der Waals surface area contributed by atoms with Crippen molar-refractivity contribution in [1.82, 2.24) is 0 Å². The Labute approximate surface area is 124 Å². The molecule has 110 valence electrons. The van der Waals surface area contributed by atoms with Crippen molar-refractivity contribution in [3.8, 4) is 0 Å². The summed E-state index contributed by atoms with van der Waals surface area (Å²) in [6, 6.07) is 14.0. The van der Waals surface area contributed by atoms with Gasteiger partial charge in [-0.05, 0) is 34.7 Å². The summed E-state index contributed by atoms with van der Waals surface area (Å²) < 4.78 is 13.0. The smallest absolute Gasteiger partial charge is 0.304 e. The lowest BCUT2D eigenvalue weighted by Gasteiger charge is -2.17. The number of hydrogen-bond acceptors (Lipinski definition) is 1. The van der Waals surface area contributed by atoms with Gasteiger partial charge in [-0.3, -0.25) is 4.79 Å². The minimum Gasteiger partial charge on any atom is -0.481 e. The monoisotopic (exact) mass is 286 g/mol. The van der Waals surface area contributed by atoms with Gasteiger partial charge >= 0.3 is 5.97 Å². The zero-order valence-corrected chi connectivity index (χ0v) is 12.2. The van der Waals surface area contributed by atoms with Crippen molar-refractivity contribution < 1.29 is 14.3 Å². The van der Waals surface area contributed by atoms with Crippen LogP contribution < -0.4 is 0 Å². The van der Waals surface area contributed by atoms with Crippen LogP contribution in [0.15, 0.2) is 48.5 Å². The Kier molecular flexibility index (Phi) is 4.73. The Hall–Kier alpha value is -2.16. The van der Waals surface area contributed by atoms with Crippen LogP contribution in [0, 0.1) is 5.82 Å². The van der Waals surface area contributed by atoms with E-state index in [9.17, 15) is 9.18 Å². The van der Waals surface area contributed by atoms with Crippen molar-refractivity contribution in [2.75, 3.05) is 0 Å². The van der Waals surface area contributed by atoms with Gasteiger partial charge in [0.25, 0.3) is 0 Å². The van der Waals surface area contributed by atoms with Gasteiger partial charge in [0.05, 0.1) is 6.42 Å². The first-order valence-electron chi connectivity index (χ1n) is 7.04. The Morgan fingerprint density at radius 1 is 0.952 bits per heavy atom. The van der Waals surface area contributed by atoms with E-state index in [1.54, 1.807) is 12.1 Å². The molecule has 21 heavy (non-hydrogen) atoms. The molecule has 0 aliphatic carbocycles. The molecular weight excluding hydrogens is 267 g/mol. The maximum absolute atomic E-state index is 13.0. The maximum Gasteiger partial charge on any atom is 0.304 e. The fourth-order valence-electron chi connectivity index (χ4n) is 2.41. The number of benzene rings is 2. The molecule has 0 aliphatic heterocycles. The lowest BCUT2D eigenvalue weighted by atomic mass is 9.87. The Morgan fingerprint density at radius 2 is 1.38 bits per heavy atom. The van der Waals surface area contributed by atoms with Gasteiger partial charge in [0, 0.05) is 5.92 Å². The molecule has 0 radical (unpaired) electrons. The van der Waals surface area contributed by atoms with Crippen LogP contribution in [-0.4, -0.2) is 11.1 Å². The van der Waals surface area contributed by atoms with Crippen LogP contribution >= 0.6 is 0 Å². The molecule has 0 aliphatic rings. The van der Waals surface area contributed by atoms with Gasteiger partial charge in [-0.15, -0.1) is 0 Å². The van der Waals surface area contributed by atoms with Crippen LogP contribution in [-0.2, 0) is 4.79 Å². The first-order chi connectivity index (χ1) is 9.97. The minimum atomic E-state index is -0.864. The Balaban J connectivity index is 2.35. The van der Waals surface area contributed by atoms with Crippen molar-refractivity contribution in [2.45, 2.75) is 32.1 Å². The molecule has 0 saturated carbocycles. The zero-order valence-electron chi connectivity index (χ0n) is 12.2. The van der Waals surface area contributed by atoms with Crippen molar-refractivity contribution >= 4 is 5.97 Å². The molecule has 0 spiro atoms. The molecular formula is C18H19FO2. The molecule has 0 fully saturated rings. The van der Waals surface area contributed by atoms with Gasteiger partial charge in [-0.2, -0.15) is 0 Å². The number of hydrogen-bond donors (Lipinski definition) is 1. The minimum absolute atomic E-state index is 0.00728. The average molecular weight is 286 g/mol. The second-order valence-corrected chi connectivity index (χ2v) is 5.52. The molecule has 2 aromatic carbocycles. The fraction of sp³-hybridized carbons (Fsp3) is 0.278. The third kappa shape index (κ3) is 3.91. The summed E-state index contributed by atoms with van der Waals surface area (Å²) in [5, 5.41) is 9.13. The van der Waals surface area contributed by atoms with E-state index in [1.807, 2.05) is 24.3 Å². The van der Waals surface area contributed by atoms with Gasteiger partial charge in [0.2, 0.25) is 0 Å². The lowest BCUT2D eigenvalue weighted by Crippen LogP contribution is -2.08. The summed E-state index contributed by atoms with van der Waals surface area (Å²) >= 11 is 0. The molecule has 2 nitrogen and oxygen atoms in total. The van der Waals surface area contributed by atoms with Gasteiger partial charge in [0.15, 0.2) is 0 Å². The molecule has 1 atom stereocenters. The highest BCUT2D eigenvalue weighted by atomic mass is 19.1. The molecule has 2 aromatic rings. The molecule has 0 saturated heterocycles.